The molecule has 0 aliphatic carbocycles. The van der Waals surface area contributed by atoms with Gasteiger partial charge < -0.3 is 40.9 Å². The highest BCUT2D eigenvalue weighted by Gasteiger charge is 2.45. The van der Waals surface area contributed by atoms with Crippen LogP contribution in [0.3, 0.4) is 0 Å². The van der Waals surface area contributed by atoms with Gasteiger partial charge in [-0.15, -0.1) is 3.63 Å². The SMILES string of the molecule is O=S(=O)(OC(O)(O)C(O)O)OS(=O)(=O)OC(O)(O)C(O)O. The topological polar surface area (TPSA) is 258 Å². The van der Waals surface area contributed by atoms with Crippen LogP contribution in [-0.2, 0) is 32.8 Å². The summed E-state index contributed by atoms with van der Waals surface area (Å²) in [4.78, 5) is 0. The van der Waals surface area contributed by atoms with Gasteiger partial charge in [0, 0.05) is 0 Å². The Bertz CT molecular complexity index is 488. The third-order valence-electron chi connectivity index (χ3n) is 1.29. The van der Waals surface area contributed by atoms with Gasteiger partial charge in [-0.05, 0) is 0 Å². The Morgan fingerprint density at radius 3 is 1.10 bits per heavy atom. The van der Waals surface area contributed by atoms with Crippen LogP contribution in [0.4, 0.5) is 0 Å². The zero-order chi connectivity index (χ0) is 17.3. The summed E-state index contributed by atoms with van der Waals surface area (Å²) in [5.41, 5.74) is 0. The summed E-state index contributed by atoms with van der Waals surface area (Å²) in [7, 11) is -11.9. The lowest BCUT2D eigenvalue weighted by Gasteiger charge is -2.23. The summed E-state index contributed by atoms with van der Waals surface area (Å²) >= 11 is 0. The van der Waals surface area contributed by atoms with Crippen molar-refractivity contribution in [1.82, 2.24) is 0 Å². The van der Waals surface area contributed by atoms with Crippen molar-refractivity contribution < 1.29 is 69.7 Å². The molecule has 0 aromatic heterocycles. The second-order valence-electron chi connectivity index (χ2n) is 3.12. The molecule has 0 unspecified atom stereocenters. The third kappa shape index (κ3) is 6.84. The van der Waals surface area contributed by atoms with Gasteiger partial charge in [-0.1, -0.05) is 0 Å². The van der Waals surface area contributed by atoms with E-state index < -0.39 is 45.3 Å². The van der Waals surface area contributed by atoms with E-state index in [2.05, 4.69) is 12.0 Å². The van der Waals surface area contributed by atoms with Gasteiger partial charge in [0.05, 0.1) is 0 Å². The maximum atomic E-state index is 10.9. The van der Waals surface area contributed by atoms with E-state index in [4.69, 9.17) is 40.9 Å². The van der Waals surface area contributed by atoms with Gasteiger partial charge in [-0.2, -0.15) is 25.2 Å². The standard InChI is InChI=1S/C4H10O15S2/c5-1(6)3(9,10)17-20(13,14)19-21(15,16)18-4(11,12)2(7)8/h1-2,5-12H. The average molecular weight is 362 g/mol. The molecular formula is C4H10O15S2. The number of aliphatic hydroxyl groups is 8. The molecule has 0 atom stereocenters. The van der Waals surface area contributed by atoms with Crippen LogP contribution in [0.2, 0.25) is 0 Å². The number of rotatable bonds is 8. The van der Waals surface area contributed by atoms with Crippen molar-refractivity contribution in [1.29, 1.82) is 0 Å². The summed E-state index contributed by atoms with van der Waals surface area (Å²) in [6.07, 6.45) is -6.48. The van der Waals surface area contributed by atoms with E-state index in [9.17, 15) is 16.8 Å². The Morgan fingerprint density at radius 1 is 0.667 bits per heavy atom. The van der Waals surface area contributed by atoms with Crippen LogP contribution < -0.4 is 0 Å². The summed E-state index contributed by atoms with van der Waals surface area (Å²) in [6, 6.07) is 0. The maximum absolute atomic E-state index is 10.9. The molecule has 0 aromatic rings. The minimum atomic E-state index is -5.96. The van der Waals surface area contributed by atoms with Crippen molar-refractivity contribution in [3.05, 3.63) is 0 Å². The highest BCUT2D eigenvalue weighted by atomic mass is 32.3. The lowest BCUT2D eigenvalue weighted by atomic mass is 10.5. The Balaban J connectivity index is 5.11. The van der Waals surface area contributed by atoms with Gasteiger partial charge >= 0.3 is 32.7 Å². The molecule has 0 radical (unpaired) electrons. The van der Waals surface area contributed by atoms with Gasteiger partial charge in [0.25, 0.3) is 0 Å². The Morgan fingerprint density at radius 2 is 0.905 bits per heavy atom. The van der Waals surface area contributed by atoms with Crippen LogP contribution in [0, 0.1) is 0 Å². The zero-order valence-electron chi connectivity index (χ0n) is 9.41. The van der Waals surface area contributed by atoms with Crippen LogP contribution in [0.25, 0.3) is 0 Å². The lowest BCUT2D eigenvalue weighted by Crippen LogP contribution is -2.48. The molecule has 0 saturated carbocycles. The van der Waals surface area contributed by atoms with Crippen molar-refractivity contribution in [2.75, 3.05) is 0 Å². The molecule has 17 heteroatoms. The second kappa shape index (κ2) is 6.29. The van der Waals surface area contributed by atoms with Crippen molar-refractivity contribution >= 4 is 20.8 Å². The highest BCUT2D eigenvalue weighted by molar-refractivity contribution is 7.95. The molecule has 0 spiro atoms. The fourth-order valence-corrected chi connectivity index (χ4v) is 2.33. The van der Waals surface area contributed by atoms with Crippen LogP contribution in [0.1, 0.15) is 0 Å². The maximum Gasteiger partial charge on any atom is 0.421 e. The van der Waals surface area contributed by atoms with Gasteiger partial charge in [0.2, 0.25) is 12.6 Å². The minimum Gasteiger partial charge on any atom is -0.362 e. The van der Waals surface area contributed by atoms with Crippen LogP contribution in [0.15, 0.2) is 0 Å². The predicted molar refractivity (Wildman–Crippen MR) is 51.9 cm³/mol. The first-order valence-electron chi connectivity index (χ1n) is 4.25. The first-order valence-corrected chi connectivity index (χ1v) is 6.91. The molecule has 15 nitrogen and oxygen atoms in total. The smallest absolute Gasteiger partial charge is 0.362 e. The van der Waals surface area contributed by atoms with Crippen LogP contribution in [-0.4, -0.2) is 82.2 Å². The van der Waals surface area contributed by atoms with Crippen LogP contribution >= 0.6 is 0 Å². The predicted octanol–water partition coefficient (Wildman–Crippen LogP) is -6.58. The fraction of sp³-hybridized carbons (Fsp3) is 1.00. The summed E-state index contributed by atoms with van der Waals surface area (Å²) < 4.78 is 52.8. The molecule has 0 saturated heterocycles. The van der Waals surface area contributed by atoms with Crippen molar-refractivity contribution in [2.45, 2.75) is 24.5 Å². The van der Waals surface area contributed by atoms with E-state index in [1.165, 1.54) is 0 Å². The minimum absolute atomic E-state index is 3.01. The van der Waals surface area contributed by atoms with Crippen molar-refractivity contribution in [3.8, 4) is 0 Å². The molecule has 128 valence electrons. The molecule has 0 amide bonds. The molecule has 0 fully saturated rings. The monoisotopic (exact) mass is 362 g/mol. The van der Waals surface area contributed by atoms with Crippen molar-refractivity contribution in [2.24, 2.45) is 0 Å². The van der Waals surface area contributed by atoms with Gasteiger partial charge in [-0.3, -0.25) is 0 Å². The first-order chi connectivity index (χ1) is 9.01. The number of hydrogen-bond donors (Lipinski definition) is 8. The molecule has 8 N–H and O–H groups in total. The second-order valence-corrected chi connectivity index (χ2v) is 5.63. The quantitative estimate of drug-likeness (QED) is 0.187. The number of aliphatic hydroxyl groups excluding tert-OH is 2. The van der Waals surface area contributed by atoms with E-state index in [1.807, 2.05) is 0 Å². The molecule has 0 rings (SSSR count). The van der Waals surface area contributed by atoms with Crippen molar-refractivity contribution in [3.63, 3.8) is 0 Å². The molecule has 0 aliphatic heterocycles. The average Bonchev–Trinajstić information content (AvgIpc) is 2.10. The Kier molecular flexibility index (Phi) is 6.13. The lowest BCUT2D eigenvalue weighted by molar-refractivity contribution is -0.383. The highest BCUT2D eigenvalue weighted by Crippen LogP contribution is 2.18. The van der Waals surface area contributed by atoms with E-state index in [1.54, 1.807) is 0 Å². The summed E-state index contributed by atoms with van der Waals surface area (Å²) in [5, 5.41) is 67.6. The van der Waals surface area contributed by atoms with E-state index >= 15 is 0 Å². The van der Waals surface area contributed by atoms with Gasteiger partial charge in [0.15, 0.2) is 0 Å². The van der Waals surface area contributed by atoms with E-state index in [0.29, 0.717) is 0 Å². The Labute approximate surface area is 116 Å². The normalized spacial score (nSPS) is 15.0. The van der Waals surface area contributed by atoms with Crippen LogP contribution in [0.5, 0.6) is 0 Å². The Hall–Kier alpha value is -0.540. The number of hydrogen-bond acceptors (Lipinski definition) is 15. The summed E-state index contributed by atoms with van der Waals surface area (Å²) in [5.74, 6) is -8.44. The molecule has 0 heterocycles. The van der Waals surface area contributed by atoms with E-state index in [-0.39, 0.29) is 0 Å². The molecule has 21 heavy (non-hydrogen) atoms. The summed E-state index contributed by atoms with van der Waals surface area (Å²) in [6.45, 7) is 0. The van der Waals surface area contributed by atoms with Gasteiger partial charge in [-0.25, -0.2) is 0 Å². The van der Waals surface area contributed by atoms with E-state index in [0.717, 1.165) is 0 Å². The van der Waals surface area contributed by atoms with Gasteiger partial charge in [0.1, 0.15) is 0 Å². The molecule has 0 bridgehead atoms. The largest absolute Gasteiger partial charge is 0.421 e. The first kappa shape index (κ1) is 20.5. The fourth-order valence-electron chi connectivity index (χ4n) is 0.516. The zero-order valence-corrected chi connectivity index (χ0v) is 11.0. The third-order valence-corrected chi connectivity index (χ3v) is 3.52. The molecule has 0 aromatic carbocycles. The molecule has 0 aliphatic rings. The molecular weight excluding hydrogens is 352 g/mol.